The second-order valence-corrected chi connectivity index (χ2v) is 8.28. The van der Waals surface area contributed by atoms with Crippen molar-refractivity contribution >= 4 is 29.1 Å². The Hall–Kier alpha value is -2.65. The molecule has 0 unspecified atom stereocenters. The number of hydrogen-bond acceptors (Lipinski definition) is 3. The minimum Gasteiger partial charge on any atom is -0.341 e. The highest BCUT2D eigenvalue weighted by molar-refractivity contribution is 6.31. The van der Waals surface area contributed by atoms with Gasteiger partial charge in [-0.15, -0.1) is 13.2 Å². The van der Waals surface area contributed by atoms with Crippen molar-refractivity contribution < 1.29 is 31.9 Å². The highest BCUT2D eigenvalue weighted by atomic mass is 35.5. The quantitative estimate of drug-likeness (QED) is 0.592. The smallest absolute Gasteiger partial charge is 0.341 e. The molecule has 1 aliphatic heterocycles. The fourth-order valence-electron chi connectivity index (χ4n) is 4.35. The van der Waals surface area contributed by atoms with Crippen LogP contribution in [0.25, 0.3) is 0 Å². The van der Waals surface area contributed by atoms with Crippen LogP contribution in [0.5, 0.6) is 0 Å². The van der Waals surface area contributed by atoms with Gasteiger partial charge >= 0.3 is 6.36 Å². The van der Waals surface area contributed by atoms with Crippen molar-refractivity contribution in [2.45, 2.75) is 44.2 Å². The zero-order valence-electron chi connectivity index (χ0n) is 16.6. The Kier molecular flexibility index (Phi) is 6.13. The van der Waals surface area contributed by atoms with Gasteiger partial charge in [-0.1, -0.05) is 24.1 Å². The van der Waals surface area contributed by atoms with E-state index >= 15 is 0 Å². The van der Waals surface area contributed by atoms with Gasteiger partial charge in [0.2, 0.25) is 5.91 Å². The first-order valence-corrected chi connectivity index (χ1v) is 10.4. The molecular formula is C22H19ClF4N2O3. The Morgan fingerprint density at radius 3 is 2.72 bits per heavy atom. The molecule has 32 heavy (non-hydrogen) atoms. The predicted octanol–water partition coefficient (Wildman–Crippen LogP) is 5.35. The van der Waals surface area contributed by atoms with Crippen molar-refractivity contribution in [1.29, 1.82) is 0 Å². The van der Waals surface area contributed by atoms with E-state index in [1.54, 1.807) is 18.2 Å². The topological polar surface area (TPSA) is 67.4 Å². The van der Waals surface area contributed by atoms with Gasteiger partial charge in [-0.2, -0.15) is 0 Å². The van der Waals surface area contributed by atoms with Gasteiger partial charge < -0.3 is 10.6 Å². The maximum Gasteiger partial charge on any atom is 0.522 e. The summed E-state index contributed by atoms with van der Waals surface area (Å²) < 4.78 is 55.7. The van der Waals surface area contributed by atoms with E-state index in [4.69, 9.17) is 11.6 Å². The maximum absolute atomic E-state index is 13.8. The number of ether oxygens (including phenoxy) is 1. The van der Waals surface area contributed by atoms with Gasteiger partial charge in [0.05, 0.1) is 12.1 Å². The van der Waals surface area contributed by atoms with Crippen LogP contribution < -0.4 is 10.6 Å². The molecule has 2 N–H and O–H groups in total. The summed E-state index contributed by atoms with van der Waals surface area (Å²) in [5, 5.41) is 5.73. The maximum atomic E-state index is 13.8. The number of benzene rings is 2. The zero-order chi connectivity index (χ0) is 23.0. The lowest BCUT2D eigenvalue weighted by atomic mass is 9.86. The van der Waals surface area contributed by atoms with E-state index in [2.05, 4.69) is 15.4 Å². The number of halogens is 5. The summed E-state index contributed by atoms with van der Waals surface area (Å²) in [5.74, 6) is -2.07. The Balaban J connectivity index is 1.59. The number of hydrogen-bond donors (Lipinski definition) is 2. The van der Waals surface area contributed by atoms with E-state index in [0.29, 0.717) is 35.2 Å². The van der Waals surface area contributed by atoms with Gasteiger partial charge in [0.1, 0.15) is 5.82 Å². The molecule has 2 aliphatic rings. The van der Waals surface area contributed by atoms with Crippen molar-refractivity contribution in [2.75, 3.05) is 5.32 Å². The summed E-state index contributed by atoms with van der Waals surface area (Å²) in [6.45, 7) is 0. The lowest BCUT2D eigenvalue weighted by molar-refractivity contribution is -0.346. The number of carbonyl (C=O) groups excluding carboxylic acids is 2. The third-order valence-corrected chi connectivity index (χ3v) is 6.08. The molecule has 1 aliphatic carbocycles. The zero-order valence-corrected chi connectivity index (χ0v) is 17.4. The Morgan fingerprint density at radius 1 is 1.19 bits per heavy atom. The van der Waals surface area contributed by atoms with Crippen molar-refractivity contribution in [3.63, 3.8) is 0 Å². The first-order valence-electron chi connectivity index (χ1n) is 10.1. The first-order chi connectivity index (χ1) is 15.1. The van der Waals surface area contributed by atoms with Gasteiger partial charge in [-0.25, -0.2) is 4.39 Å². The van der Waals surface area contributed by atoms with Gasteiger partial charge in [-0.3, -0.25) is 14.3 Å². The number of rotatable bonds is 4. The van der Waals surface area contributed by atoms with Crippen molar-refractivity contribution in [1.82, 2.24) is 5.32 Å². The molecule has 0 bridgehead atoms. The van der Waals surface area contributed by atoms with Crippen molar-refractivity contribution in [2.24, 2.45) is 5.92 Å². The second-order valence-electron chi connectivity index (χ2n) is 7.88. The largest absolute Gasteiger partial charge is 0.522 e. The molecule has 4 rings (SSSR count). The van der Waals surface area contributed by atoms with E-state index in [-0.39, 0.29) is 17.9 Å². The molecule has 3 atom stereocenters. The van der Waals surface area contributed by atoms with Crippen LogP contribution in [0.4, 0.5) is 23.2 Å². The molecule has 1 saturated carbocycles. The highest BCUT2D eigenvalue weighted by Crippen LogP contribution is 2.40. The van der Waals surface area contributed by atoms with E-state index in [0.717, 1.165) is 0 Å². The fourth-order valence-corrected chi connectivity index (χ4v) is 4.57. The molecule has 5 nitrogen and oxygen atoms in total. The summed E-state index contributed by atoms with van der Waals surface area (Å²) in [7, 11) is 0. The van der Waals surface area contributed by atoms with E-state index in [1.807, 2.05) is 0 Å². The average Bonchev–Trinajstić information content (AvgIpc) is 3.06. The summed E-state index contributed by atoms with van der Waals surface area (Å²) in [4.78, 5) is 25.4. The molecule has 170 valence electrons. The van der Waals surface area contributed by atoms with Crippen LogP contribution in [0, 0.1) is 11.7 Å². The van der Waals surface area contributed by atoms with Gasteiger partial charge in [0.25, 0.3) is 5.91 Å². The summed E-state index contributed by atoms with van der Waals surface area (Å²) in [5.41, 5.74) is 1.37. The molecule has 10 heteroatoms. The molecule has 0 saturated heterocycles. The second kappa shape index (κ2) is 8.71. The number of anilines is 1. The number of amides is 2. The van der Waals surface area contributed by atoms with E-state index in [1.165, 1.54) is 18.2 Å². The van der Waals surface area contributed by atoms with Gasteiger partial charge in [0, 0.05) is 33.3 Å². The molecule has 2 aromatic rings. The van der Waals surface area contributed by atoms with Crippen LogP contribution in [0.15, 0.2) is 36.4 Å². The van der Waals surface area contributed by atoms with Crippen molar-refractivity contribution in [3.05, 3.63) is 63.9 Å². The molecule has 0 radical (unpaired) electrons. The number of fused-ring (bicyclic) bond motifs is 1. The molecular weight excluding hydrogens is 452 g/mol. The van der Waals surface area contributed by atoms with Crippen LogP contribution in [-0.4, -0.2) is 24.3 Å². The molecule has 0 spiro atoms. The van der Waals surface area contributed by atoms with Crippen LogP contribution in [0.3, 0.4) is 0 Å². The Morgan fingerprint density at radius 2 is 1.97 bits per heavy atom. The van der Waals surface area contributed by atoms with Crippen LogP contribution in [0.2, 0.25) is 5.02 Å². The third-order valence-electron chi connectivity index (χ3n) is 5.74. The van der Waals surface area contributed by atoms with Gasteiger partial charge in [-0.05, 0) is 49.6 Å². The molecule has 1 heterocycles. The summed E-state index contributed by atoms with van der Waals surface area (Å²) >= 11 is 6.23. The SMILES string of the molecule is O=C1N[C@@H](c2cc(F)ccc2Cl)c2c(NC(=O)[C@@H]3CCC[C@H](OC(F)(F)F)C3)cccc21. The number of alkyl halides is 3. The fraction of sp³-hybridized carbons (Fsp3) is 0.364. The lowest BCUT2D eigenvalue weighted by Gasteiger charge is -2.29. The van der Waals surface area contributed by atoms with Crippen LogP contribution in [-0.2, 0) is 9.53 Å². The standard InChI is InChI=1S/C22H19ClF4N2O3/c23-16-8-7-12(24)10-15(16)19-18-14(21(31)29-19)5-2-6-17(18)28-20(30)11-3-1-4-13(9-11)32-22(25,26)27/h2,5-8,10-11,13,19H,1,3-4,9H2,(H,28,30)(H,29,31)/t11-,13+,19+/m1/s1. The minimum atomic E-state index is -4.76. The normalized spacial score (nSPS) is 22.9. The third kappa shape index (κ3) is 4.73. The van der Waals surface area contributed by atoms with Crippen LogP contribution >= 0.6 is 11.6 Å². The monoisotopic (exact) mass is 470 g/mol. The molecule has 2 aromatic carbocycles. The van der Waals surface area contributed by atoms with Gasteiger partial charge in [0.15, 0.2) is 0 Å². The molecule has 2 amide bonds. The highest BCUT2D eigenvalue weighted by Gasteiger charge is 2.38. The Labute approximate surface area is 186 Å². The number of nitrogens with one attached hydrogen (secondary N) is 2. The minimum absolute atomic E-state index is 0.0588. The number of carbonyl (C=O) groups is 2. The van der Waals surface area contributed by atoms with Crippen molar-refractivity contribution in [3.8, 4) is 0 Å². The lowest BCUT2D eigenvalue weighted by Crippen LogP contribution is -2.34. The summed E-state index contributed by atoms with van der Waals surface area (Å²) in [6, 6.07) is 7.73. The molecule has 0 aromatic heterocycles. The van der Waals surface area contributed by atoms with E-state index in [9.17, 15) is 27.2 Å². The van der Waals surface area contributed by atoms with Crippen LogP contribution in [0.1, 0.15) is 53.2 Å². The summed E-state index contributed by atoms with van der Waals surface area (Å²) in [6.07, 6.45) is -4.82. The predicted molar refractivity (Wildman–Crippen MR) is 109 cm³/mol. The molecule has 1 fully saturated rings. The average molecular weight is 471 g/mol. The van der Waals surface area contributed by atoms with E-state index < -0.39 is 42.1 Å². The Bertz CT molecular complexity index is 1060. The first kappa shape index (κ1) is 22.5.